The summed E-state index contributed by atoms with van der Waals surface area (Å²) >= 11 is 0. The third kappa shape index (κ3) is 3.83. The molecule has 1 unspecified atom stereocenters. The van der Waals surface area contributed by atoms with E-state index in [1.54, 1.807) is 11.8 Å². The van der Waals surface area contributed by atoms with Crippen molar-refractivity contribution in [2.45, 2.75) is 38.7 Å². The fourth-order valence-electron chi connectivity index (χ4n) is 5.21. The molecule has 1 amide bonds. The van der Waals surface area contributed by atoms with Crippen molar-refractivity contribution in [3.8, 4) is 5.75 Å². The van der Waals surface area contributed by atoms with Crippen LogP contribution in [0.4, 0.5) is 4.79 Å². The van der Waals surface area contributed by atoms with Gasteiger partial charge in [0.25, 0.3) is 0 Å². The lowest BCUT2D eigenvalue weighted by atomic mass is 9.99. The van der Waals surface area contributed by atoms with Crippen molar-refractivity contribution >= 4 is 17.6 Å². The number of carboxylic acid groups (broad SMARTS) is 1. The normalized spacial score (nSPS) is 24.3. The van der Waals surface area contributed by atoms with E-state index >= 15 is 0 Å². The molecule has 1 aromatic heterocycles. The molecule has 1 saturated heterocycles. The van der Waals surface area contributed by atoms with Crippen molar-refractivity contribution in [1.82, 2.24) is 14.7 Å². The molecular formula is C25H27N3O4. The van der Waals surface area contributed by atoms with Crippen LogP contribution in [0.25, 0.3) is 5.57 Å². The van der Waals surface area contributed by atoms with Crippen LogP contribution in [0.15, 0.2) is 48.7 Å². The van der Waals surface area contributed by atoms with Crippen LogP contribution in [0.3, 0.4) is 0 Å². The molecule has 2 aliphatic carbocycles. The van der Waals surface area contributed by atoms with Crippen LogP contribution >= 0.6 is 0 Å². The summed E-state index contributed by atoms with van der Waals surface area (Å²) in [7, 11) is 0. The molecule has 2 fully saturated rings. The number of aryl methyl sites for hydroxylation is 1. The van der Waals surface area contributed by atoms with E-state index in [0.29, 0.717) is 30.5 Å². The second kappa shape index (κ2) is 8.30. The summed E-state index contributed by atoms with van der Waals surface area (Å²) in [5.74, 6) is 0.588. The zero-order valence-corrected chi connectivity index (χ0v) is 18.1. The van der Waals surface area contributed by atoms with Gasteiger partial charge in [0.05, 0.1) is 6.10 Å². The Hall–Kier alpha value is -3.35. The zero-order chi connectivity index (χ0) is 22.2. The first-order valence-electron chi connectivity index (χ1n) is 11.2. The SMILES string of the molecule is Cc1cn(C(=O)N2C[C@H]3CC(Oc4ccccc4C4=CCCC=C4)C[C@H]3C2)nc1C(=O)O. The lowest BCUT2D eigenvalue weighted by Gasteiger charge is -2.21. The summed E-state index contributed by atoms with van der Waals surface area (Å²) < 4.78 is 7.62. The fraction of sp³-hybridized carbons (Fsp3) is 0.400. The number of hydrogen-bond donors (Lipinski definition) is 1. The summed E-state index contributed by atoms with van der Waals surface area (Å²) in [6.45, 7) is 2.96. The minimum absolute atomic E-state index is 0.0761. The van der Waals surface area contributed by atoms with Gasteiger partial charge in [-0.2, -0.15) is 9.78 Å². The van der Waals surface area contributed by atoms with Gasteiger partial charge >= 0.3 is 12.0 Å². The van der Waals surface area contributed by atoms with Crippen LogP contribution in [0.5, 0.6) is 5.75 Å². The standard InChI is InChI=1S/C25H27N3O4/c1-16-13-28(26-23(16)24(29)30)25(31)27-14-18-11-20(12-19(18)15-27)32-22-10-6-5-9-21(22)17-7-3-2-4-8-17/h3,5-10,13,18-20H,2,4,11-12,14-15H2,1H3,(H,29,30)/t18-,19+,20?. The summed E-state index contributed by atoms with van der Waals surface area (Å²) in [6.07, 6.45) is 12.3. The fourth-order valence-corrected chi connectivity index (χ4v) is 5.21. The van der Waals surface area contributed by atoms with E-state index in [2.05, 4.69) is 29.4 Å². The predicted molar refractivity (Wildman–Crippen MR) is 120 cm³/mol. The van der Waals surface area contributed by atoms with Gasteiger partial charge in [-0.15, -0.1) is 0 Å². The lowest BCUT2D eigenvalue weighted by molar-refractivity contribution is 0.0689. The van der Waals surface area contributed by atoms with E-state index in [1.165, 1.54) is 11.8 Å². The Bertz CT molecular complexity index is 1100. The molecule has 5 rings (SSSR count). The van der Waals surface area contributed by atoms with Crippen LogP contribution in [0, 0.1) is 18.8 Å². The number of benzene rings is 1. The third-order valence-corrected chi connectivity index (χ3v) is 6.76. The summed E-state index contributed by atoms with van der Waals surface area (Å²) in [6, 6.07) is 7.96. The molecule has 2 heterocycles. The quantitative estimate of drug-likeness (QED) is 0.773. The number of ether oxygens (including phenoxy) is 1. The van der Waals surface area contributed by atoms with Gasteiger partial charge in [-0.25, -0.2) is 9.59 Å². The van der Waals surface area contributed by atoms with Crippen LogP contribution in [-0.2, 0) is 0 Å². The monoisotopic (exact) mass is 433 g/mol. The van der Waals surface area contributed by atoms with Crippen LogP contribution < -0.4 is 4.74 Å². The van der Waals surface area contributed by atoms with E-state index in [9.17, 15) is 14.7 Å². The van der Waals surface area contributed by atoms with Crippen molar-refractivity contribution in [2.75, 3.05) is 13.1 Å². The average Bonchev–Trinajstić information content (AvgIpc) is 3.47. The number of amides is 1. The molecule has 1 aliphatic heterocycles. The Morgan fingerprint density at radius 2 is 1.88 bits per heavy atom. The van der Waals surface area contributed by atoms with Crippen molar-refractivity contribution in [1.29, 1.82) is 0 Å². The Morgan fingerprint density at radius 1 is 1.12 bits per heavy atom. The van der Waals surface area contributed by atoms with Gasteiger partial charge in [-0.1, -0.05) is 36.4 Å². The highest BCUT2D eigenvalue weighted by molar-refractivity contribution is 5.88. The lowest BCUT2D eigenvalue weighted by Crippen LogP contribution is -2.34. The number of likely N-dealkylation sites (tertiary alicyclic amines) is 1. The number of nitrogens with zero attached hydrogens (tertiary/aromatic N) is 3. The van der Waals surface area contributed by atoms with E-state index < -0.39 is 5.97 Å². The van der Waals surface area contributed by atoms with Crippen molar-refractivity contribution in [3.05, 3.63) is 65.5 Å². The molecule has 3 aliphatic rings. The first kappa shape index (κ1) is 20.5. The Morgan fingerprint density at radius 3 is 2.53 bits per heavy atom. The highest BCUT2D eigenvalue weighted by Gasteiger charge is 2.44. The molecular weight excluding hydrogens is 406 g/mol. The average molecular weight is 434 g/mol. The first-order chi connectivity index (χ1) is 15.5. The molecule has 1 aromatic carbocycles. The number of carbonyl (C=O) groups is 2. The summed E-state index contributed by atoms with van der Waals surface area (Å²) in [5, 5.41) is 13.2. The number of carbonyl (C=O) groups excluding carboxylic acids is 1. The molecule has 1 saturated carbocycles. The predicted octanol–water partition coefficient (Wildman–Crippen LogP) is 4.38. The molecule has 2 aromatic rings. The second-order valence-corrected chi connectivity index (χ2v) is 8.96. The highest BCUT2D eigenvalue weighted by atomic mass is 16.5. The van der Waals surface area contributed by atoms with Crippen LogP contribution in [0.2, 0.25) is 0 Å². The van der Waals surface area contributed by atoms with Gasteiger partial charge in [-0.05, 0) is 56.1 Å². The van der Waals surface area contributed by atoms with Crippen molar-refractivity contribution in [2.24, 2.45) is 11.8 Å². The number of fused-ring (bicyclic) bond motifs is 1. The number of hydrogen-bond acceptors (Lipinski definition) is 4. The van der Waals surface area contributed by atoms with Gasteiger partial charge < -0.3 is 14.7 Å². The second-order valence-electron chi connectivity index (χ2n) is 8.96. The molecule has 1 N–H and O–H groups in total. The maximum absolute atomic E-state index is 12.8. The molecule has 3 atom stereocenters. The van der Waals surface area contributed by atoms with E-state index in [0.717, 1.165) is 41.7 Å². The summed E-state index contributed by atoms with van der Waals surface area (Å²) in [5.41, 5.74) is 2.77. The minimum atomic E-state index is -1.12. The minimum Gasteiger partial charge on any atom is -0.490 e. The Labute approximate surface area is 187 Å². The summed E-state index contributed by atoms with van der Waals surface area (Å²) in [4.78, 5) is 25.9. The highest BCUT2D eigenvalue weighted by Crippen LogP contribution is 2.41. The number of para-hydroxylation sites is 1. The molecule has 166 valence electrons. The van der Waals surface area contributed by atoms with Crippen molar-refractivity contribution in [3.63, 3.8) is 0 Å². The molecule has 7 heteroatoms. The number of allylic oxidation sites excluding steroid dienone is 4. The number of aromatic carboxylic acids is 1. The van der Waals surface area contributed by atoms with Crippen molar-refractivity contribution < 1.29 is 19.4 Å². The largest absolute Gasteiger partial charge is 0.490 e. The smallest absolute Gasteiger partial charge is 0.356 e. The van der Waals surface area contributed by atoms with Crippen LogP contribution in [-0.4, -0.2) is 51.0 Å². The Balaban J connectivity index is 1.23. The number of rotatable bonds is 4. The molecule has 7 nitrogen and oxygen atoms in total. The number of carboxylic acids is 1. The molecule has 32 heavy (non-hydrogen) atoms. The maximum atomic E-state index is 12.8. The molecule has 0 bridgehead atoms. The first-order valence-corrected chi connectivity index (χ1v) is 11.2. The Kier molecular flexibility index (Phi) is 5.33. The molecule has 0 spiro atoms. The zero-order valence-electron chi connectivity index (χ0n) is 18.1. The van der Waals surface area contributed by atoms with Gasteiger partial charge in [0, 0.05) is 30.4 Å². The van der Waals surface area contributed by atoms with E-state index in [-0.39, 0.29) is 17.8 Å². The van der Waals surface area contributed by atoms with E-state index in [1.807, 2.05) is 18.2 Å². The van der Waals surface area contributed by atoms with E-state index in [4.69, 9.17) is 4.74 Å². The number of aromatic nitrogens is 2. The van der Waals surface area contributed by atoms with Crippen LogP contribution in [0.1, 0.15) is 47.3 Å². The molecule has 0 radical (unpaired) electrons. The third-order valence-electron chi connectivity index (χ3n) is 6.76. The topological polar surface area (TPSA) is 84.7 Å². The maximum Gasteiger partial charge on any atom is 0.356 e. The van der Waals surface area contributed by atoms with Gasteiger partial charge in [0.1, 0.15) is 5.75 Å². The van der Waals surface area contributed by atoms with Gasteiger partial charge in [0.2, 0.25) is 0 Å². The van der Waals surface area contributed by atoms with Gasteiger partial charge in [-0.3, -0.25) is 0 Å². The van der Waals surface area contributed by atoms with Gasteiger partial charge in [0.15, 0.2) is 5.69 Å².